The van der Waals surface area contributed by atoms with Gasteiger partial charge in [0.2, 0.25) is 5.91 Å². The Morgan fingerprint density at radius 1 is 0.562 bits per heavy atom. The third kappa shape index (κ3) is 23.6. The van der Waals surface area contributed by atoms with Gasteiger partial charge in [-0.25, -0.2) is 0 Å². The molecule has 0 heterocycles. The van der Waals surface area contributed by atoms with Crippen molar-refractivity contribution in [2.24, 2.45) is 0 Å². The Balaban J connectivity index is 3.13. The van der Waals surface area contributed by atoms with E-state index in [0.717, 1.165) is 12.8 Å². The van der Waals surface area contributed by atoms with Crippen LogP contribution in [0.2, 0.25) is 0 Å². The number of aliphatic carboxylic acids is 1. The van der Waals surface area contributed by atoms with Crippen LogP contribution in [0.1, 0.15) is 162 Å². The van der Waals surface area contributed by atoms with Gasteiger partial charge in [0, 0.05) is 6.42 Å². The fourth-order valence-corrected chi connectivity index (χ4v) is 4.27. The molecule has 0 aliphatic rings. The minimum absolute atomic E-state index is 0.145. The van der Waals surface area contributed by atoms with E-state index in [1.54, 1.807) is 0 Å². The summed E-state index contributed by atoms with van der Waals surface area (Å²) in [6.07, 6.45) is 30.2. The van der Waals surface area contributed by atoms with Crippen molar-refractivity contribution in [1.29, 1.82) is 0 Å². The zero-order chi connectivity index (χ0) is 23.7. The molecular weight excluding hydrogens is 398 g/mol. The zero-order valence-electron chi connectivity index (χ0n) is 21.6. The smallest absolute Gasteiger partial charge is 0.325 e. The fraction of sp³-hybridized carbons (Fsp3) is 0.929. The summed E-state index contributed by atoms with van der Waals surface area (Å²) in [5, 5.41) is 11.3. The molecule has 0 aromatic heterocycles. The highest BCUT2D eigenvalue weighted by atomic mass is 16.4. The van der Waals surface area contributed by atoms with E-state index >= 15 is 0 Å². The lowest BCUT2D eigenvalue weighted by Crippen LogP contribution is -2.38. The second kappa shape index (κ2) is 24.6. The average Bonchev–Trinajstić information content (AvgIpc) is 2.77. The van der Waals surface area contributed by atoms with Crippen LogP contribution in [0, 0.1) is 0 Å². The lowest BCUT2D eigenvalue weighted by Gasteiger charge is -2.08. The number of carbonyl (C=O) groups excluding carboxylic acids is 1. The van der Waals surface area contributed by atoms with Gasteiger partial charge in [0.05, 0.1) is 0 Å². The summed E-state index contributed by atoms with van der Waals surface area (Å²) in [5.74, 6) is -1.12. The molecule has 0 aromatic rings. The number of rotatable bonds is 25. The van der Waals surface area contributed by atoms with Gasteiger partial charge in [-0.15, -0.1) is 0 Å². The second-order valence-corrected chi connectivity index (χ2v) is 9.80. The van der Waals surface area contributed by atoms with Crippen molar-refractivity contribution in [3.63, 3.8) is 0 Å². The van der Waals surface area contributed by atoms with Gasteiger partial charge in [0.15, 0.2) is 0 Å². The van der Waals surface area contributed by atoms with Crippen molar-refractivity contribution >= 4 is 11.9 Å². The molecule has 2 N–H and O–H groups in total. The number of carboxylic acid groups (broad SMARTS) is 1. The maximum Gasteiger partial charge on any atom is 0.325 e. The monoisotopic (exact) mass is 453 g/mol. The van der Waals surface area contributed by atoms with Crippen LogP contribution in [0.5, 0.6) is 0 Å². The molecule has 190 valence electrons. The van der Waals surface area contributed by atoms with Gasteiger partial charge in [-0.3, -0.25) is 9.59 Å². The first-order valence-electron chi connectivity index (χ1n) is 14.1. The van der Waals surface area contributed by atoms with E-state index in [-0.39, 0.29) is 5.91 Å². The van der Waals surface area contributed by atoms with Crippen LogP contribution < -0.4 is 5.32 Å². The van der Waals surface area contributed by atoms with Crippen molar-refractivity contribution in [2.45, 2.75) is 168 Å². The van der Waals surface area contributed by atoms with Crippen LogP contribution in [0.15, 0.2) is 0 Å². The minimum Gasteiger partial charge on any atom is -0.480 e. The molecule has 0 aliphatic heterocycles. The SMILES string of the molecule is CCCCCCCCCCCCCCCCCCCCCCCCC(=O)N[C@@H](C)C(=O)O. The number of amides is 1. The standard InChI is InChI=1S/C28H55NO3/c1-3-4-5-6-7-8-9-10-11-12-13-14-15-16-17-18-19-20-21-22-23-24-25-27(30)29-26(2)28(31)32/h26H,3-25H2,1-2H3,(H,29,30)(H,31,32)/t26-/m0/s1. The molecular formula is C28H55NO3. The van der Waals surface area contributed by atoms with Gasteiger partial charge in [0.1, 0.15) is 6.04 Å². The number of unbranched alkanes of at least 4 members (excludes halogenated alkanes) is 21. The Labute approximate surface area is 199 Å². The Bertz CT molecular complexity index is 425. The summed E-state index contributed by atoms with van der Waals surface area (Å²) in [4.78, 5) is 22.3. The van der Waals surface area contributed by atoms with Crippen LogP contribution in [0.3, 0.4) is 0 Å². The molecule has 0 radical (unpaired) electrons. The predicted octanol–water partition coefficient (Wildman–Crippen LogP) is 8.57. The zero-order valence-corrected chi connectivity index (χ0v) is 21.6. The summed E-state index contributed by atoms with van der Waals surface area (Å²) in [6, 6.07) is -0.790. The lowest BCUT2D eigenvalue weighted by atomic mass is 10.0. The molecule has 1 amide bonds. The summed E-state index contributed by atoms with van der Waals surface area (Å²) in [6.45, 7) is 3.78. The van der Waals surface area contributed by atoms with Gasteiger partial charge in [-0.2, -0.15) is 0 Å². The third-order valence-corrected chi connectivity index (χ3v) is 6.51. The number of hydrogen-bond donors (Lipinski definition) is 2. The van der Waals surface area contributed by atoms with Crippen LogP contribution >= 0.6 is 0 Å². The highest BCUT2D eigenvalue weighted by Gasteiger charge is 2.13. The number of carbonyl (C=O) groups is 2. The Morgan fingerprint density at radius 3 is 1.12 bits per heavy atom. The summed E-state index contributed by atoms with van der Waals surface area (Å²) in [5.41, 5.74) is 0. The van der Waals surface area contributed by atoms with Gasteiger partial charge in [-0.1, -0.05) is 142 Å². The third-order valence-electron chi connectivity index (χ3n) is 6.51. The Hall–Kier alpha value is -1.06. The lowest BCUT2D eigenvalue weighted by molar-refractivity contribution is -0.141. The fourth-order valence-electron chi connectivity index (χ4n) is 4.27. The summed E-state index contributed by atoms with van der Waals surface area (Å²) < 4.78 is 0. The van der Waals surface area contributed by atoms with Crippen LogP contribution in [-0.4, -0.2) is 23.0 Å². The van der Waals surface area contributed by atoms with E-state index in [2.05, 4.69) is 12.2 Å². The Kier molecular flexibility index (Phi) is 23.8. The molecule has 0 rings (SSSR count). The first-order valence-corrected chi connectivity index (χ1v) is 14.1. The number of nitrogens with one attached hydrogen (secondary N) is 1. The van der Waals surface area contributed by atoms with Gasteiger partial charge < -0.3 is 10.4 Å². The predicted molar refractivity (Wildman–Crippen MR) is 137 cm³/mol. The second-order valence-electron chi connectivity index (χ2n) is 9.80. The summed E-state index contributed by atoms with van der Waals surface area (Å²) >= 11 is 0. The quantitative estimate of drug-likeness (QED) is 0.136. The summed E-state index contributed by atoms with van der Waals surface area (Å²) in [7, 11) is 0. The largest absolute Gasteiger partial charge is 0.480 e. The minimum atomic E-state index is -0.979. The molecule has 0 bridgehead atoms. The number of hydrogen-bond acceptors (Lipinski definition) is 2. The van der Waals surface area contributed by atoms with E-state index in [9.17, 15) is 9.59 Å². The maximum atomic E-state index is 11.6. The molecule has 0 saturated heterocycles. The van der Waals surface area contributed by atoms with E-state index in [0.29, 0.717) is 6.42 Å². The van der Waals surface area contributed by atoms with E-state index in [1.807, 2.05) is 0 Å². The van der Waals surface area contributed by atoms with Crippen molar-refractivity contribution in [1.82, 2.24) is 5.32 Å². The molecule has 0 spiro atoms. The molecule has 0 unspecified atom stereocenters. The molecule has 0 aromatic carbocycles. The highest BCUT2D eigenvalue weighted by molar-refractivity contribution is 5.83. The van der Waals surface area contributed by atoms with E-state index < -0.39 is 12.0 Å². The van der Waals surface area contributed by atoms with E-state index in [4.69, 9.17) is 5.11 Å². The first kappa shape index (κ1) is 30.9. The maximum absolute atomic E-state index is 11.6. The molecule has 0 aliphatic carbocycles. The van der Waals surface area contributed by atoms with Crippen LogP contribution in [-0.2, 0) is 9.59 Å². The first-order chi connectivity index (χ1) is 15.6. The molecule has 0 fully saturated rings. The van der Waals surface area contributed by atoms with Gasteiger partial charge >= 0.3 is 5.97 Å². The topological polar surface area (TPSA) is 66.4 Å². The molecule has 4 nitrogen and oxygen atoms in total. The molecule has 32 heavy (non-hydrogen) atoms. The molecule has 4 heteroatoms. The molecule has 1 atom stereocenters. The number of carboxylic acids is 1. The Morgan fingerprint density at radius 2 is 0.844 bits per heavy atom. The van der Waals surface area contributed by atoms with E-state index in [1.165, 1.54) is 135 Å². The van der Waals surface area contributed by atoms with Crippen molar-refractivity contribution in [2.75, 3.05) is 0 Å². The van der Waals surface area contributed by atoms with Crippen LogP contribution in [0.4, 0.5) is 0 Å². The van der Waals surface area contributed by atoms with Crippen LogP contribution in [0.25, 0.3) is 0 Å². The normalized spacial score (nSPS) is 12.1. The van der Waals surface area contributed by atoms with Crippen molar-refractivity contribution < 1.29 is 14.7 Å². The highest BCUT2D eigenvalue weighted by Crippen LogP contribution is 2.15. The van der Waals surface area contributed by atoms with Gasteiger partial charge in [-0.05, 0) is 13.3 Å². The molecule has 0 saturated carbocycles. The van der Waals surface area contributed by atoms with Crippen molar-refractivity contribution in [3.8, 4) is 0 Å². The van der Waals surface area contributed by atoms with Gasteiger partial charge in [0.25, 0.3) is 0 Å². The average molecular weight is 454 g/mol. The van der Waals surface area contributed by atoms with Crippen molar-refractivity contribution in [3.05, 3.63) is 0 Å².